The molecule has 0 radical (unpaired) electrons. The van der Waals surface area contributed by atoms with Gasteiger partial charge in [0.1, 0.15) is 5.75 Å². The molecule has 104 valence electrons. The number of rotatable bonds is 4. The maximum atomic E-state index is 12.3. The van der Waals surface area contributed by atoms with E-state index in [0.29, 0.717) is 16.3 Å². The van der Waals surface area contributed by atoms with Crippen LogP contribution in [-0.2, 0) is 0 Å². The second-order valence-electron chi connectivity index (χ2n) is 3.96. The summed E-state index contributed by atoms with van der Waals surface area (Å²) in [7, 11) is 3.01. The Hall–Kier alpha value is -1.95. The molecule has 7 heteroatoms. The standard InChI is InChI=1S/C12H16ClN3O3/c1-7(11(14)15-18)16(2)12(17)9-5-4-8(13)6-10(9)19-3/h4-7,18H,1-3H3,(H2,14,15). The molecular formula is C12H16ClN3O3. The maximum Gasteiger partial charge on any atom is 0.257 e. The van der Waals surface area contributed by atoms with Crippen molar-refractivity contribution in [1.29, 1.82) is 0 Å². The summed E-state index contributed by atoms with van der Waals surface area (Å²) in [5.41, 5.74) is 5.84. The van der Waals surface area contributed by atoms with Gasteiger partial charge in [-0.05, 0) is 25.1 Å². The quantitative estimate of drug-likeness (QED) is 0.380. The van der Waals surface area contributed by atoms with Crippen molar-refractivity contribution < 1.29 is 14.7 Å². The Morgan fingerprint density at radius 1 is 1.58 bits per heavy atom. The Bertz CT molecular complexity index is 505. The molecule has 0 aliphatic heterocycles. The molecule has 0 bridgehead atoms. The molecule has 19 heavy (non-hydrogen) atoms. The molecule has 1 amide bonds. The fraction of sp³-hybridized carbons (Fsp3) is 0.333. The highest BCUT2D eigenvalue weighted by Crippen LogP contribution is 2.24. The van der Waals surface area contributed by atoms with Crippen LogP contribution < -0.4 is 10.5 Å². The van der Waals surface area contributed by atoms with Crippen molar-refractivity contribution in [3.8, 4) is 5.75 Å². The number of nitrogens with zero attached hydrogens (tertiary/aromatic N) is 2. The van der Waals surface area contributed by atoms with Crippen molar-refractivity contribution in [1.82, 2.24) is 4.90 Å². The zero-order valence-electron chi connectivity index (χ0n) is 10.9. The number of methoxy groups -OCH3 is 1. The van der Waals surface area contributed by atoms with Gasteiger partial charge in [-0.1, -0.05) is 16.8 Å². The zero-order chi connectivity index (χ0) is 14.6. The van der Waals surface area contributed by atoms with Crippen LogP contribution in [-0.4, -0.2) is 42.0 Å². The third-order valence-electron chi connectivity index (χ3n) is 2.84. The van der Waals surface area contributed by atoms with Gasteiger partial charge >= 0.3 is 0 Å². The van der Waals surface area contributed by atoms with E-state index in [9.17, 15) is 4.79 Å². The Balaban J connectivity index is 3.07. The summed E-state index contributed by atoms with van der Waals surface area (Å²) in [5, 5.41) is 12.0. The van der Waals surface area contributed by atoms with Crippen molar-refractivity contribution in [3.05, 3.63) is 28.8 Å². The van der Waals surface area contributed by atoms with Crippen LogP contribution in [0.1, 0.15) is 17.3 Å². The lowest BCUT2D eigenvalue weighted by Crippen LogP contribution is -2.43. The van der Waals surface area contributed by atoms with Crippen LogP contribution in [0.4, 0.5) is 0 Å². The van der Waals surface area contributed by atoms with Gasteiger partial charge in [-0.15, -0.1) is 0 Å². The molecule has 1 unspecified atom stereocenters. The molecule has 1 aromatic carbocycles. The van der Waals surface area contributed by atoms with Gasteiger partial charge in [0.2, 0.25) is 0 Å². The van der Waals surface area contributed by atoms with E-state index < -0.39 is 6.04 Å². The number of amides is 1. The number of ether oxygens (including phenoxy) is 1. The van der Waals surface area contributed by atoms with Crippen molar-refractivity contribution in [2.45, 2.75) is 13.0 Å². The Labute approximate surface area is 116 Å². The van der Waals surface area contributed by atoms with Crippen LogP contribution in [0.15, 0.2) is 23.4 Å². The van der Waals surface area contributed by atoms with Crippen molar-refractivity contribution in [2.24, 2.45) is 10.9 Å². The van der Waals surface area contributed by atoms with Gasteiger partial charge in [0.25, 0.3) is 5.91 Å². The number of oxime groups is 1. The van der Waals surface area contributed by atoms with E-state index >= 15 is 0 Å². The van der Waals surface area contributed by atoms with Crippen molar-refractivity contribution >= 4 is 23.3 Å². The number of halogens is 1. The van der Waals surface area contributed by atoms with Crippen molar-refractivity contribution in [2.75, 3.05) is 14.2 Å². The van der Waals surface area contributed by atoms with Gasteiger partial charge in [0.05, 0.1) is 18.7 Å². The second-order valence-corrected chi connectivity index (χ2v) is 4.40. The van der Waals surface area contributed by atoms with Crippen LogP contribution in [0.3, 0.4) is 0 Å². The highest BCUT2D eigenvalue weighted by atomic mass is 35.5. The molecule has 0 heterocycles. The highest BCUT2D eigenvalue weighted by molar-refractivity contribution is 6.30. The van der Waals surface area contributed by atoms with Crippen LogP contribution in [0.25, 0.3) is 0 Å². The minimum absolute atomic E-state index is 0.0521. The molecule has 0 saturated heterocycles. The fourth-order valence-electron chi connectivity index (χ4n) is 1.49. The van der Waals surface area contributed by atoms with E-state index in [-0.39, 0.29) is 11.7 Å². The van der Waals surface area contributed by atoms with Crippen LogP contribution in [0, 0.1) is 0 Å². The number of amidine groups is 1. The average molecular weight is 286 g/mol. The molecule has 0 aliphatic carbocycles. The first-order chi connectivity index (χ1) is 8.92. The molecule has 0 fully saturated rings. The maximum absolute atomic E-state index is 12.3. The van der Waals surface area contributed by atoms with Gasteiger partial charge in [0.15, 0.2) is 5.84 Å². The summed E-state index contributed by atoms with van der Waals surface area (Å²) >= 11 is 5.84. The molecule has 1 rings (SSSR count). The highest BCUT2D eigenvalue weighted by Gasteiger charge is 2.23. The molecule has 1 aromatic rings. The minimum atomic E-state index is -0.544. The first-order valence-corrected chi connectivity index (χ1v) is 5.88. The second kappa shape index (κ2) is 6.29. The zero-order valence-corrected chi connectivity index (χ0v) is 11.7. The third kappa shape index (κ3) is 3.29. The summed E-state index contributed by atoms with van der Waals surface area (Å²) in [6.45, 7) is 1.65. The van der Waals surface area contributed by atoms with Gasteiger partial charge in [-0.2, -0.15) is 0 Å². The lowest BCUT2D eigenvalue weighted by molar-refractivity contribution is 0.0773. The van der Waals surface area contributed by atoms with E-state index in [4.69, 9.17) is 27.3 Å². The molecule has 0 aromatic heterocycles. The molecule has 0 aliphatic rings. The van der Waals surface area contributed by atoms with E-state index in [0.717, 1.165) is 0 Å². The van der Waals surface area contributed by atoms with E-state index in [2.05, 4.69) is 5.16 Å². The smallest absolute Gasteiger partial charge is 0.257 e. The lowest BCUT2D eigenvalue weighted by Gasteiger charge is -2.24. The Morgan fingerprint density at radius 3 is 2.74 bits per heavy atom. The number of hydrogen-bond donors (Lipinski definition) is 2. The van der Waals surface area contributed by atoms with E-state index in [1.807, 2.05) is 0 Å². The molecule has 1 atom stereocenters. The number of hydrogen-bond acceptors (Lipinski definition) is 4. The number of nitrogens with two attached hydrogens (primary N) is 1. The van der Waals surface area contributed by atoms with Gasteiger partial charge < -0.3 is 20.6 Å². The topological polar surface area (TPSA) is 88.2 Å². The summed E-state index contributed by atoms with van der Waals surface area (Å²) in [6, 6.07) is 4.17. The predicted octanol–water partition coefficient (Wildman–Crippen LogP) is 1.56. The normalized spacial score (nSPS) is 12.9. The monoisotopic (exact) mass is 285 g/mol. The van der Waals surface area contributed by atoms with Gasteiger partial charge in [-0.25, -0.2) is 0 Å². The van der Waals surface area contributed by atoms with Crippen LogP contribution in [0.5, 0.6) is 5.75 Å². The molecule has 6 nitrogen and oxygen atoms in total. The number of carbonyl (C=O) groups is 1. The van der Waals surface area contributed by atoms with Crippen LogP contribution in [0.2, 0.25) is 5.02 Å². The SMILES string of the molecule is COc1cc(Cl)ccc1C(=O)N(C)C(C)C(N)=NO. The number of carbonyl (C=O) groups excluding carboxylic acids is 1. The van der Waals surface area contributed by atoms with Crippen LogP contribution >= 0.6 is 11.6 Å². The summed E-state index contributed by atoms with van der Waals surface area (Å²) in [5.74, 6) is 0.00690. The average Bonchev–Trinajstić information content (AvgIpc) is 2.43. The largest absolute Gasteiger partial charge is 0.496 e. The molecule has 0 saturated carbocycles. The van der Waals surface area contributed by atoms with E-state index in [1.54, 1.807) is 32.2 Å². The third-order valence-corrected chi connectivity index (χ3v) is 3.07. The molecule has 3 N–H and O–H groups in total. The first-order valence-electron chi connectivity index (χ1n) is 5.50. The Kier molecular flexibility index (Phi) is 5.00. The molecular weight excluding hydrogens is 270 g/mol. The minimum Gasteiger partial charge on any atom is -0.496 e. The van der Waals surface area contributed by atoms with E-state index in [1.165, 1.54) is 12.0 Å². The molecule has 0 spiro atoms. The number of benzene rings is 1. The fourth-order valence-corrected chi connectivity index (χ4v) is 1.65. The summed E-state index contributed by atoms with van der Waals surface area (Å²) in [4.78, 5) is 13.7. The van der Waals surface area contributed by atoms with Crippen molar-refractivity contribution in [3.63, 3.8) is 0 Å². The number of likely N-dealkylation sites (N-methyl/N-ethyl adjacent to an activating group) is 1. The predicted molar refractivity (Wildman–Crippen MR) is 73.0 cm³/mol. The first kappa shape index (κ1) is 15.1. The van der Waals surface area contributed by atoms with Gasteiger partial charge in [-0.3, -0.25) is 4.79 Å². The van der Waals surface area contributed by atoms with Gasteiger partial charge in [0, 0.05) is 12.1 Å². The lowest BCUT2D eigenvalue weighted by atomic mass is 10.1. The summed E-state index contributed by atoms with van der Waals surface area (Å²) in [6.07, 6.45) is 0. The Morgan fingerprint density at radius 2 is 2.21 bits per heavy atom. The summed E-state index contributed by atoms with van der Waals surface area (Å²) < 4.78 is 5.12.